The van der Waals surface area contributed by atoms with Gasteiger partial charge >= 0.3 is 0 Å². The van der Waals surface area contributed by atoms with Crippen LogP contribution in [0.5, 0.6) is 5.75 Å². The van der Waals surface area contributed by atoms with Crippen LogP contribution >= 0.6 is 0 Å². The van der Waals surface area contributed by atoms with Crippen molar-refractivity contribution in [2.75, 3.05) is 20.2 Å². The van der Waals surface area contributed by atoms with Gasteiger partial charge in [0.05, 0.1) is 10.8 Å². The molecule has 1 aromatic rings. The van der Waals surface area contributed by atoms with Gasteiger partial charge in [-0.3, -0.25) is 4.79 Å². The van der Waals surface area contributed by atoms with Gasteiger partial charge in [-0.05, 0) is 36.6 Å². The fraction of sp³-hybridized carbons (Fsp3) is 0.500. The monoisotopic (exact) mass is 312 g/mol. The summed E-state index contributed by atoms with van der Waals surface area (Å²) in [4.78, 5) is 14.0. The molecule has 0 saturated heterocycles. The largest absolute Gasteiger partial charge is 0.492 e. The van der Waals surface area contributed by atoms with Crippen molar-refractivity contribution in [3.8, 4) is 5.75 Å². The Kier molecular flexibility index (Phi) is 4.53. The number of amides is 1. The van der Waals surface area contributed by atoms with Crippen molar-refractivity contribution < 1.29 is 17.9 Å². The molecule has 2 rings (SSSR count). The molecule has 21 heavy (non-hydrogen) atoms. The predicted molar refractivity (Wildman–Crippen MR) is 78.4 cm³/mol. The Hall–Kier alpha value is -1.60. The van der Waals surface area contributed by atoms with Crippen LogP contribution in [-0.2, 0) is 21.2 Å². The summed E-state index contributed by atoms with van der Waals surface area (Å²) >= 11 is 0. The number of fused-ring (bicyclic) bond motifs is 1. The molecule has 1 amide bonds. The van der Waals surface area contributed by atoms with Crippen molar-refractivity contribution in [1.29, 1.82) is 0 Å². The van der Waals surface area contributed by atoms with Gasteiger partial charge < -0.3 is 9.64 Å². The normalized spacial score (nSPS) is 17.8. The average molecular weight is 312 g/mol. The van der Waals surface area contributed by atoms with Crippen LogP contribution in [0.15, 0.2) is 23.1 Å². The van der Waals surface area contributed by atoms with E-state index in [0.717, 1.165) is 6.42 Å². The average Bonchev–Trinajstić information content (AvgIpc) is 2.44. The van der Waals surface area contributed by atoms with Gasteiger partial charge in [0.25, 0.3) is 0 Å². The summed E-state index contributed by atoms with van der Waals surface area (Å²) in [6.45, 7) is 3.02. The first-order chi connectivity index (χ1) is 9.82. The minimum absolute atomic E-state index is 0.0171. The van der Waals surface area contributed by atoms with E-state index in [2.05, 4.69) is 0 Å². The number of nitrogens with zero attached hydrogens (tertiary/aromatic N) is 1. The summed E-state index contributed by atoms with van der Waals surface area (Å²) in [5.74, 6) is 0.345. The summed E-state index contributed by atoms with van der Waals surface area (Å²) in [5.41, 5.74) is 0.705. The van der Waals surface area contributed by atoms with Gasteiger partial charge in [0.1, 0.15) is 12.4 Å². The Morgan fingerprint density at radius 3 is 2.81 bits per heavy atom. The lowest BCUT2D eigenvalue weighted by molar-refractivity contribution is -0.135. The number of sulfonamides is 1. The van der Waals surface area contributed by atoms with Crippen molar-refractivity contribution >= 4 is 15.9 Å². The van der Waals surface area contributed by atoms with Gasteiger partial charge in [0.2, 0.25) is 15.9 Å². The maximum atomic E-state index is 12.3. The molecule has 0 saturated carbocycles. The first-order valence-corrected chi connectivity index (χ1v) is 8.41. The zero-order valence-corrected chi connectivity index (χ0v) is 13.0. The zero-order chi connectivity index (χ0) is 15.6. The second-order valence-electron chi connectivity index (χ2n) is 5.29. The van der Waals surface area contributed by atoms with E-state index < -0.39 is 10.0 Å². The number of benzene rings is 1. The first-order valence-electron chi connectivity index (χ1n) is 6.86. The Labute approximate surface area is 124 Å². The molecule has 0 fully saturated rings. The smallest absolute Gasteiger partial charge is 0.238 e. The lowest BCUT2D eigenvalue weighted by Gasteiger charge is -2.28. The lowest BCUT2D eigenvalue weighted by Crippen LogP contribution is -2.39. The quantitative estimate of drug-likeness (QED) is 0.888. The number of nitrogens with two attached hydrogens (primary N) is 1. The topological polar surface area (TPSA) is 89.7 Å². The summed E-state index contributed by atoms with van der Waals surface area (Å²) < 4.78 is 28.3. The van der Waals surface area contributed by atoms with Gasteiger partial charge in [-0.1, -0.05) is 6.92 Å². The number of carbonyl (C=O) groups is 1. The van der Waals surface area contributed by atoms with E-state index >= 15 is 0 Å². The third-order valence-electron chi connectivity index (χ3n) is 3.55. The fourth-order valence-electron chi connectivity index (χ4n) is 2.46. The van der Waals surface area contributed by atoms with Crippen molar-refractivity contribution in [2.45, 2.75) is 24.7 Å². The van der Waals surface area contributed by atoms with Gasteiger partial charge in [0.15, 0.2) is 0 Å². The fourth-order valence-corrected chi connectivity index (χ4v) is 3.03. The molecule has 116 valence electrons. The summed E-state index contributed by atoms with van der Waals surface area (Å²) in [5, 5.41) is 5.13. The second-order valence-corrected chi connectivity index (χ2v) is 6.85. The van der Waals surface area contributed by atoms with E-state index in [4.69, 9.17) is 9.88 Å². The molecular weight excluding hydrogens is 292 g/mol. The highest BCUT2D eigenvalue weighted by Crippen LogP contribution is 2.30. The van der Waals surface area contributed by atoms with Crippen LogP contribution in [0, 0.1) is 5.92 Å². The molecule has 0 aliphatic carbocycles. The highest BCUT2D eigenvalue weighted by atomic mass is 32.2. The Bertz CT molecular complexity index is 642. The second kappa shape index (κ2) is 6.03. The SMILES string of the molecule is CCCN(C)C(=O)C1COc2ccc(S(N)(=O)=O)cc2C1. The molecule has 7 heteroatoms. The van der Waals surface area contributed by atoms with Crippen molar-refractivity contribution in [2.24, 2.45) is 11.1 Å². The molecule has 2 N–H and O–H groups in total. The van der Waals surface area contributed by atoms with E-state index in [9.17, 15) is 13.2 Å². The molecule has 1 unspecified atom stereocenters. The van der Waals surface area contributed by atoms with Crippen molar-refractivity contribution in [1.82, 2.24) is 4.90 Å². The number of hydrogen-bond donors (Lipinski definition) is 1. The third-order valence-corrected chi connectivity index (χ3v) is 4.46. The van der Waals surface area contributed by atoms with Crippen molar-refractivity contribution in [3.05, 3.63) is 23.8 Å². The third kappa shape index (κ3) is 3.54. The van der Waals surface area contributed by atoms with E-state index in [1.807, 2.05) is 6.92 Å². The van der Waals surface area contributed by atoms with Crippen LogP contribution in [-0.4, -0.2) is 39.4 Å². The number of ether oxygens (including phenoxy) is 1. The van der Waals surface area contributed by atoms with Gasteiger partial charge in [0, 0.05) is 13.6 Å². The predicted octanol–water partition coefficient (Wildman–Crippen LogP) is 0.753. The zero-order valence-electron chi connectivity index (χ0n) is 12.2. The Morgan fingerprint density at radius 1 is 1.48 bits per heavy atom. The van der Waals surface area contributed by atoms with Crippen LogP contribution in [0.25, 0.3) is 0 Å². The van der Waals surface area contributed by atoms with Crippen molar-refractivity contribution in [3.63, 3.8) is 0 Å². The molecule has 0 radical (unpaired) electrons. The van der Waals surface area contributed by atoms with E-state index in [0.29, 0.717) is 30.9 Å². The Morgan fingerprint density at radius 2 is 2.19 bits per heavy atom. The molecule has 1 atom stereocenters. The summed E-state index contributed by atoms with van der Waals surface area (Å²) in [7, 11) is -1.98. The first kappa shape index (κ1) is 15.8. The maximum Gasteiger partial charge on any atom is 0.238 e. The molecule has 0 aromatic heterocycles. The van der Waals surface area contributed by atoms with Gasteiger partial charge in [-0.15, -0.1) is 0 Å². The van der Waals surface area contributed by atoms with Crippen LogP contribution < -0.4 is 9.88 Å². The lowest BCUT2D eigenvalue weighted by atomic mass is 9.95. The molecule has 1 aliphatic heterocycles. The summed E-state index contributed by atoms with van der Waals surface area (Å²) in [6, 6.07) is 4.50. The Balaban J connectivity index is 2.21. The van der Waals surface area contributed by atoms with Crippen LogP contribution in [0.1, 0.15) is 18.9 Å². The minimum Gasteiger partial charge on any atom is -0.492 e. The molecular formula is C14H20N2O4S. The van der Waals surface area contributed by atoms with Crippen LogP contribution in [0.4, 0.5) is 0 Å². The molecule has 1 aliphatic rings. The maximum absolute atomic E-state index is 12.3. The number of hydrogen-bond acceptors (Lipinski definition) is 4. The van der Waals surface area contributed by atoms with Gasteiger partial charge in [-0.2, -0.15) is 0 Å². The van der Waals surface area contributed by atoms with E-state index in [-0.39, 0.29) is 16.7 Å². The van der Waals surface area contributed by atoms with Crippen LogP contribution in [0.3, 0.4) is 0 Å². The molecule has 1 heterocycles. The van der Waals surface area contributed by atoms with E-state index in [1.165, 1.54) is 12.1 Å². The number of carbonyl (C=O) groups excluding carboxylic acids is 1. The molecule has 0 bridgehead atoms. The molecule has 6 nitrogen and oxygen atoms in total. The minimum atomic E-state index is -3.75. The van der Waals surface area contributed by atoms with E-state index in [1.54, 1.807) is 18.0 Å². The molecule has 0 spiro atoms. The summed E-state index contributed by atoms with van der Waals surface area (Å²) in [6.07, 6.45) is 1.35. The number of primary sulfonamides is 1. The standard InChI is InChI=1S/C14H20N2O4S/c1-3-6-16(2)14(17)11-7-10-8-12(21(15,18)19)4-5-13(10)20-9-11/h4-5,8,11H,3,6-7,9H2,1-2H3,(H2,15,18,19). The molecule has 1 aromatic carbocycles. The van der Waals surface area contributed by atoms with Gasteiger partial charge in [-0.25, -0.2) is 13.6 Å². The number of rotatable bonds is 4. The highest BCUT2D eigenvalue weighted by molar-refractivity contribution is 7.89. The van der Waals surface area contributed by atoms with Crippen LogP contribution in [0.2, 0.25) is 0 Å². The highest BCUT2D eigenvalue weighted by Gasteiger charge is 2.28.